The highest BCUT2D eigenvalue weighted by molar-refractivity contribution is 5.36. The zero-order chi connectivity index (χ0) is 16.1. The fourth-order valence-electron chi connectivity index (χ4n) is 3.86. The predicted molar refractivity (Wildman–Crippen MR) is 96.6 cm³/mol. The van der Waals surface area contributed by atoms with Gasteiger partial charge >= 0.3 is 0 Å². The minimum atomic E-state index is 0.525. The van der Waals surface area contributed by atoms with E-state index in [-0.39, 0.29) is 0 Å². The average molecular weight is 308 g/mol. The first-order valence-electron chi connectivity index (χ1n) is 9.01. The van der Waals surface area contributed by atoms with Crippen molar-refractivity contribution in [3.63, 3.8) is 0 Å². The third-order valence-corrected chi connectivity index (χ3v) is 5.18. The predicted octanol–water partition coefficient (Wildman–Crippen LogP) is 4.27. The van der Waals surface area contributed by atoms with Crippen LogP contribution >= 0.6 is 0 Å². The lowest BCUT2D eigenvalue weighted by Gasteiger charge is -2.26. The number of aryl methyl sites for hydroxylation is 1. The van der Waals surface area contributed by atoms with Gasteiger partial charge in [0.05, 0.1) is 0 Å². The summed E-state index contributed by atoms with van der Waals surface area (Å²) in [4.78, 5) is 4.48. The minimum absolute atomic E-state index is 0.525. The highest BCUT2D eigenvalue weighted by atomic mass is 14.7. The van der Waals surface area contributed by atoms with E-state index in [2.05, 4.69) is 42.2 Å². The molecule has 2 atom stereocenters. The van der Waals surface area contributed by atoms with Gasteiger partial charge in [0, 0.05) is 11.9 Å². The van der Waals surface area contributed by atoms with Crippen LogP contribution in [0.1, 0.15) is 54.5 Å². The molecule has 0 amide bonds. The first-order valence-corrected chi connectivity index (χ1v) is 9.01. The molecule has 1 aliphatic rings. The van der Waals surface area contributed by atoms with Gasteiger partial charge in [-0.15, -0.1) is 0 Å². The lowest BCUT2D eigenvalue weighted by atomic mass is 9.80. The maximum absolute atomic E-state index is 5.97. The third kappa shape index (κ3) is 4.00. The fraction of sp³-hybridized carbons (Fsp3) is 0.476. The first-order chi connectivity index (χ1) is 11.3. The van der Waals surface area contributed by atoms with E-state index >= 15 is 0 Å². The lowest BCUT2D eigenvalue weighted by molar-refractivity contribution is 0.451. The lowest BCUT2D eigenvalue weighted by Crippen LogP contribution is -2.18. The number of rotatable bonds is 6. The molecule has 3 rings (SSSR count). The van der Waals surface area contributed by atoms with Crippen molar-refractivity contribution < 1.29 is 0 Å². The van der Waals surface area contributed by atoms with E-state index in [1.54, 1.807) is 5.56 Å². The Balaban J connectivity index is 1.70. The molecule has 2 nitrogen and oxygen atoms in total. The van der Waals surface area contributed by atoms with Gasteiger partial charge in [0.25, 0.3) is 0 Å². The summed E-state index contributed by atoms with van der Waals surface area (Å²) in [7, 11) is 0. The summed E-state index contributed by atoms with van der Waals surface area (Å²) in [6.45, 7) is 3.00. The summed E-state index contributed by atoms with van der Waals surface area (Å²) in [5.74, 6) is 1.25. The van der Waals surface area contributed by atoms with Crippen molar-refractivity contribution in [1.29, 1.82) is 0 Å². The number of benzene rings is 1. The number of pyridine rings is 1. The Morgan fingerprint density at radius 1 is 1.22 bits per heavy atom. The number of hydrogen-bond acceptors (Lipinski definition) is 2. The number of hydrogen-bond donors (Lipinski definition) is 1. The zero-order valence-electron chi connectivity index (χ0n) is 14.2. The van der Waals surface area contributed by atoms with Crippen LogP contribution < -0.4 is 5.73 Å². The van der Waals surface area contributed by atoms with Crippen LogP contribution in [0.3, 0.4) is 0 Å². The average Bonchev–Trinajstić information content (AvgIpc) is 2.60. The quantitative estimate of drug-likeness (QED) is 0.865. The molecule has 1 aliphatic carbocycles. The van der Waals surface area contributed by atoms with Gasteiger partial charge in [-0.3, -0.25) is 4.98 Å². The molecule has 1 aromatic carbocycles. The molecule has 1 aromatic heterocycles. The summed E-state index contributed by atoms with van der Waals surface area (Å²) in [5, 5.41) is 0. The van der Waals surface area contributed by atoms with E-state index in [4.69, 9.17) is 5.73 Å². The molecular formula is C21H28N2. The molecule has 1 heterocycles. The molecule has 0 spiro atoms. The molecule has 0 fully saturated rings. The summed E-state index contributed by atoms with van der Waals surface area (Å²) in [5.41, 5.74) is 11.7. The number of aromatic nitrogens is 1. The maximum Gasteiger partial charge on any atom is 0.0406 e. The number of fused-ring (bicyclic) bond motifs is 1. The van der Waals surface area contributed by atoms with E-state index in [0.29, 0.717) is 5.92 Å². The molecule has 23 heavy (non-hydrogen) atoms. The van der Waals surface area contributed by atoms with Crippen LogP contribution in [0.2, 0.25) is 0 Å². The summed E-state index contributed by atoms with van der Waals surface area (Å²) in [6, 6.07) is 13.3. The van der Waals surface area contributed by atoms with Gasteiger partial charge in [-0.05, 0) is 79.3 Å². The Kier molecular flexibility index (Phi) is 5.45. The van der Waals surface area contributed by atoms with E-state index in [1.165, 1.54) is 48.9 Å². The van der Waals surface area contributed by atoms with Gasteiger partial charge in [-0.1, -0.05) is 37.6 Å². The van der Waals surface area contributed by atoms with Crippen LogP contribution in [-0.4, -0.2) is 11.5 Å². The molecular weight excluding hydrogens is 280 g/mol. The van der Waals surface area contributed by atoms with E-state index in [9.17, 15) is 0 Å². The molecule has 0 saturated carbocycles. The Bertz CT molecular complexity index is 621. The SMILES string of the molecule is CCCC(CN)c1ccc2c(c1)CCC(Cc1ccccn1)C2. The smallest absolute Gasteiger partial charge is 0.0406 e. The molecule has 2 unspecified atom stereocenters. The maximum atomic E-state index is 5.97. The molecule has 2 N–H and O–H groups in total. The van der Waals surface area contributed by atoms with E-state index in [1.807, 2.05) is 12.3 Å². The summed E-state index contributed by atoms with van der Waals surface area (Å²) >= 11 is 0. The van der Waals surface area contributed by atoms with Gasteiger partial charge in [-0.2, -0.15) is 0 Å². The van der Waals surface area contributed by atoms with E-state index in [0.717, 1.165) is 18.9 Å². The van der Waals surface area contributed by atoms with Gasteiger partial charge in [0.1, 0.15) is 0 Å². The second-order valence-electron chi connectivity index (χ2n) is 6.88. The number of nitrogens with zero attached hydrogens (tertiary/aromatic N) is 1. The second kappa shape index (κ2) is 7.74. The topological polar surface area (TPSA) is 38.9 Å². The minimum Gasteiger partial charge on any atom is -0.330 e. The molecule has 0 bridgehead atoms. The van der Waals surface area contributed by atoms with Gasteiger partial charge in [0.15, 0.2) is 0 Å². The van der Waals surface area contributed by atoms with Crippen LogP contribution in [0.15, 0.2) is 42.6 Å². The van der Waals surface area contributed by atoms with Crippen molar-refractivity contribution in [2.24, 2.45) is 11.7 Å². The van der Waals surface area contributed by atoms with Gasteiger partial charge < -0.3 is 5.73 Å². The van der Waals surface area contributed by atoms with Gasteiger partial charge in [0.2, 0.25) is 0 Å². The fourth-order valence-corrected chi connectivity index (χ4v) is 3.86. The number of nitrogens with two attached hydrogens (primary N) is 1. The Labute approximate surface area is 140 Å². The van der Waals surface area contributed by atoms with E-state index < -0.39 is 0 Å². The van der Waals surface area contributed by atoms with Crippen molar-refractivity contribution in [2.45, 2.75) is 51.4 Å². The molecule has 0 aliphatic heterocycles. The molecule has 2 heteroatoms. The second-order valence-corrected chi connectivity index (χ2v) is 6.88. The van der Waals surface area contributed by atoms with Crippen molar-refractivity contribution in [2.75, 3.05) is 6.54 Å². The molecule has 0 saturated heterocycles. The highest BCUT2D eigenvalue weighted by Crippen LogP contribution is 2.31. The Hall–Kier alpha value is -1.67. The van der Waals surface area contributed by atoms with Crippen LogP contribution in [0.5, 0.6) is 0 Å². The van der Waals surface area contributed by atoms with Crippen LogP contribution in [-0.2, 0) is 19.3 Å². The first kappa shape index (κ1) is 16.2. The summed E-state index contributed by atoms with van der Waals surface area (Å²) < 4.78 is 0. The monoisotopic (exact) mass is 308 g/mol. The normalized spacial score (nSPS) is 18.4. The zero-order valence-corrected chi connectivity index (χ0v) is 14.2. The third-order valence-electron chi connectivity index (χ3n) is 5.18. The molecule has 122 valence electrons. The van der Waals surface area contributed by atoms with Crippen LogP contribution in [0.25, 0.3) is 0 Å². The van der Waals surface area contributed by atoms with Crippen LogP contribution in [0, 0.1) is 5.92 Å². The van der Waals surface area contributed by atoms with Crippen LogP contribution in [0.4, 0.5) is 0 Å². The Morgan fingerprint density at radius 3 is 2.87 bits per heavy atom. The molecule has 0 radical (unpaired) electrons. The van der Waals surface area contributed by atoms with Crippen molar-refractivity contribution in [3.05, 3.63) is 65.0 Å². The highest BCUT2D eigenvalue weighted by Gasteiger charge is 2.20. The van der Waals surface area contributed by atoms with Crippen molar-refractivity contribution in [3.8, 4) is 0 Å². The Morgan fingerprint density at radius 2 is 2.13 bits per heavy atom. The largest absolute Gasteiger partial charge is 0.330 e. The van der Waals surface area contributed by atoms with Crippen molar-refractivity contribution in [1.82, 2.24) is 4.98 Å². The standard InChI is InChI=1S/C21H28N2/c1-2-5-20(15-22)19-10-9-17-12-16(7-8-18(17)14-19)13-21-6-3-4-11-23-21/h3-4,6,9-11,14,16,20H,2,5,7-8,12-13,15,22H2,1H3. The van der Waals surface area contributed by atoms with Gasteiger partial charge in [-0.25, -0.2) is 0 Å². The summed E-state index contributed by atoms with van der Waals surface area (Å²) in [6.07, 6.45) is 9.05. The van der Waals surface area contributed by atoms with Crippen molar-refractivity contribution >= 4 is 0 Å². The molecule has 2 aromatic rings.